The van der Waals surface area contributed by atoms with Crippen LogP contribution in [0.25, 0.3) is 0 Å². The minimum atomic E-state index is -0.895. The molecule has 0 atom stereocenters. The second-order valence-electron chi connectivity index (χ2n) is 3.08. The van der Waals surface area contributed by atoms with E-state index in [1.165, 1.54) is 0 Å². The van der Waals surface area contributed by atoms with Gasteiger partial charge in [-0.15, -0.1) is 0 Å². The summed E-state index contributed by atoms with van der Waals surface area (Å²) in [4.78, 5) is 5.72. The van der Waals surface area contributed by atoms with Crippen LogP contribution in [-0.2, 0) is 0 Å². The predicted octanol–water partition coefficient (Wildman–Crippen LogP) is 4.46. The van der Waals surface area contributed by atoms with E-state index in [0.717, 1.165) is 24.3 Å². The van der Waals surface area contributed by atoms with E-state index in [0.29, 0.717) is 4.47 Å². The third-order valence-corrected chi connectivity index (χ3v) is 2.11. The van der Waals surface area contributed by atoms with E-state index in [1.54, 1.807) is 0 Å². The summed E-state index contributed by atoms with van der Waals surface area (Å²) in [5.41, 5.74) is 2.25. The first-order valence-corrected chi connectivity index (χ1v) is 9.34. The second kappa shape index (κ2) is 10.9. The molecular weight excluding hydrogens is 492 g/mol. The van der Waals surface area contributed by atoms with Crippen LogP contribution in [0.2, 0.25) is 0 Å². The number of nitrogens with zero attached hydrogens (tertiary/aromatic N) is 2. The molecule has 11 heteroatoms. The van der Waals surface area contributed by atoms with E-state index in [-0.39, 0.29) is 5.69 Å². The van der Waals surface area contributed by atoms with Crippen molar-refractivity contribution in [3.8, 4) is 0 Å². The van der Waals surface area contributed by atoms with Gasteiger partial charge in [0, 0.05) is 57.0 Å². The van der Waals surface area contributed by atoms with Crippen LogP contribution in [0, 0.1) is 23.8 Å². The van der Waals surface area contributed by atoms with Crippen LogP contribution in [0.15, 0.2) is 28.7 Å². The van der Waals surface area contributed by atoms with Gasteiger partial charge in [-0.2, -0.15) is 27.5 Å². The molecule has 0 spiro atoms. The van der Waals surface area contributed by atoms with Gasteiger partial charge in [0.2, 0.25) is 23.8 Å². The Hall–Kier alpha value is -0.780. The van der Waals surface area contributed by atoms with E-state index in [2.05, 4.69) is 59.6 Å². The zero-order valence-corrected chi connectivity index (χ0v) is 14.7. The number of hydrogen-bond acceptors (Lipinski definition) is 4. The summed E-state index contributed by atoms with van der Waals surface area (Å²) >= 11 is 8.39. The number of nitrogens with one attached hydrogen (secondary N) is 1. The fourth-order valence-electron chi connectivity index (χ4n) is 0.984. The van der Waals surface area contributed by atoms with Crippen LogP contribution in [0.4, 0.5) is 23.2 Å². The number of halogens is 7. The SMILES string of the molecule is BrBr.Fc1cc(Br)cc(F)n1.NNc1cc(F)nc(F)c1. The van der Waals surface area contributed by atoms with Gasteiger partial charge in [-0.1, -0.05) is 15.9 Å². The summed E-state index contributed by atoms with van der Waals surface area (Å²) in [5.74, 6) is 1.45. The number of pyridine rings is 2. The number of nitrogens with two attached hydrogens (primary N) is 1. The molecule has 0 saturated heterocycles. The maximum atomic E-state index is 12.2. The summed E-state index contributed by atoms with van der Waals surface area (Å²) in [6.07, 6.45) is 0. The Morgan fingerprint density at radius 3 is 1.43 bits per heavy atom. The summed E-state index contributed by atoms with van der Waals surface area (Å²) in [6.45, 7) is 0. The van der Waals surface area contributed by atoms with Gasteiger partial charge in [0.1, 0.15) is 0 Å². The topological polar surface area (TPSA) is 63.8 Å². The molecule has 2 aromatic heterocycles. The standard InChI is InChI=1S/C5H2BrF2N.C5H5F2N3.Br2/c6-3-1-4(7)9-5(8)2-3;6-4-1-3(10-8)2-5(7)9-4;1-2/h1-2H;1-2H,8H2,(H,9,10);. The normalized spacial score (nSPS) is 8.95. The van der Waals surface area contributed by atoms with Crippen molar-refractivity contribution in [2.45, 2.75) is 0 Å². The number of hydrazine groups is 1. The summed E-state index contributed by atoms with van der Waals surface area (Å²) in [6, 6.07) is 4.15. The van der Waals surface area contributed by atoms with Gasteiger partial charge in [0.25, 0.3) is 0 Å². The van der Waals surface area contributed by atoms with Gasteiger partial charge in [0.15, 0.2) is 0 Å². The van der Waals surface area contributed by atoms with Crippen LogP contribution in [-0.4, -0.2) is 9.97 Å². The molecule has 0 aliphatic rings. The van der Waals surface area contributed by atoms with Crippen molar-refractivity contribution in [2.75, 3.05) is 5.43 Å². The Morgan fingerprint density at radius 1 is 0.810 bits per heavy atom. The molecule has 3 N–H and O–H groups in total. The number of aromatic nitrogens is 2. The molecule has 4 nitrogen and oxygen atoms in total. The zero-order chi connectivity index (χ0) is 16.4. The largest absolute Gasteiger partial charge is 0.324 e. The molecule has 2 rings (SSSR count). The van der Waals surface area contributed by atoms with Crippen LogP contribution in [0.1, 0.15) is 0 Å². The average molecular weight is 499 g/mol. The van der Waals surface area contributed by atoms with Gasteiger partial charge >= 0.3 is 0 Å². The van der Waals surface area contributed by atoms with Gasteiger partial charge in [0.05, 0.1) is 5.69 Å². The zero-order valence-electron chi connectivity index (χ0n) is 9.93. The molecule has 0 bridgehead atoms. The molecule has 0 saturated carbocycles. The molecule has 21 heavy (non-hydrogen) atoms. The third-order valence-electron chi connectivity index (χ3n) is 1.66. The molecule has 2 heterocycles. The highest BCUT2D eigenvalue weighted by molar-refractivity contribution is 9.93. The van der Waals surface area contributed by atoms with Gasteiger partial charge in [-0.3, -0.25) is 5.84 Å². The first kappa shape index (κ1) is 20.2. The van der Waals surface area contributed by atoms with Crippen LogP contribution in [0.5, 0.6) is 0 Å². The lowest BCUT2D eigenvalue weighted by atomic mass is 10.4. The number of rotatable bonds is 1. The number of anilines is 1. The number of nitrogen functional groups attached to an aromatic ring is 1. The van der Waals surface area contributed by atoms with Crippen molar-refractivity contribution >= 4 is 49.9 Å². The highest BCUT2D eigenvalue weighted by Crippen LogP contribution is 2.10. The minimum Gasteiger partial charge on any atom is -0.324 e. The molecule has 2 aromatic rings. The second-order valence-corrected chi connectivity index (χ2v) is 3.99. The Bertz CT molecular complexity index is 503. The molecule has 0 aromatic carbocycles. The quantitative estimate of drug-likeness (QED) is 0.264. The van der Waals surface area contributed by atoms with Crippen LogP contribution in [0.3, 0.4) is 0 Å². The lowest BCUT2D eigenvalue weighted by Crippen LogP contribution is -2.07. The smallest absolute Gasteiger partial charge is 0.217 e. The van der Waals surface area contributed by atoms with Crippen molar-refractivity contribution in [1.29, 1.82) is 0 Å². The Labute approximate surface area is 141 Å². The molecule has 0 unspecified atom stereocenters. The van der Waals surface area contributed by atoms with Crippen molar-refractivity contribution in [2.24, 2.45) is 5.84 Å². The summed E-state index contributed by atoms with van der Waals surface area (Å²) in [7, 11) is 0. The molecule has 0 amide bonds. The van der Waals surface area contributed by atoms with E-state index < -0.39 is 23.8 Å². The molecule has 0 aliphatic carbocycles. The molecule has 0 aliphatic heterocycles. The summed E-state index contributed by atoms with van der Waals surface area (Å²) < 4.78 is 48.8. The maximum absolute atomic E-state index is 12.2. The monoisotopic (exact) mass is 496 g/mol. The van der Waals surface area contributed by atoms with E-state index in [4.69, 9.17) is 5.84 Å². The fourth-order valence-corrected chi connectivity index (χ4v) is 1.36. The first-order chi connectivity index (χ1) is 9.90. The van der Waals surface area contributed by atoms with Crippen LogP contribution < -0.4 is 11.3 Å². The third kappa shape index (κ3) is 8.96. The molecule has 0 fully saturated rings. The van der Waals surface area contributed by atoms with E-state index in [1.807, 2.05) is 0 Å². The number of hydrogen-bond donors (Lipinski definition) is 2. The average Bonchev–Trinajstić information content (AvgIpc) is 2.39. The van der Waals surface area contributed by atoms with E-state index in [9.17, 15) is 17.6 Å². The Morgan fingerprint density at radius 2 is 1.14 bits per heavy atom. The summed E-state index contributed by atoms with van der Waals surface area (Å²) in [5, 5.41) is 0. The van der Waals surface area contributed by atoms with E-state index >= 15 is 0 Å². The molecule has 116 valence electrons. The lowest BCUT2D eigenvalue weighted by Gasteiger charge is -1.97. The minimum absolute atomic E-state index is 0.157. The predicted molar refractivity (Wildman–Crippen MR) is 81.7 cm³/mol. The molecule has 0 radical (unpaired) electrons. The van der Waals surface area contributed by atoms with Gasteiger partial charge < -0.3 is 5.43 Å². The Balaban J connectivity index is 0.000000342. The van der Waals surface area contributed by atoms with Gasteiger partial charge in [-0.05, 0) is 0 Å². The fraction of sp³-hybridized carbons (Fsp3) is 0. The van der Waals surface area contributed by atoms with Crippen molar-refractivity contribution in [3.05, 3.63) is 52.5 Å². The van der Waals surface area contributed by atoms with Crippen LogP contribution >= 0.6 is 44.2 Å². The first-order valence-electron chi connectivity index (χ1n) is 4.83. The highest BCUT2D eigenvalue weighted by Gasteiger charge is 1.98. The Kier molecular flexibility index (Phi) is 10.5. The van der Waals surface area contributed by atoms with Crippen molar-refractivity contribution in [3.63, 3.8) is 0 Å². The van der Waals surface area contributed by atoms with Crippen molar-refractivity contribution < 1.29 is 17.6 Å². The lowest BCUT2D eigenvalue weighted by molar-refractivity contribution is 0.511. The van der Waals surface area contributed by atoms with Crippen molar-refractivity contribution in [1.82, 2.24) is 9.97 Å². The molecular formula is C10H7Br3F4N4. The van der Waals surface area contributed by atoms with Gasteiger partial charge in [-0.25, -0.2) is 0 Å². The highest BCUT2D eigenvalue weighted by atomic mass is 80.9. The maximum Gasteiger partial charge on any atom is 0.217 e.